The van der Waals surface area contributed by atoms with Crippen LogP contribution in [0, 0.1) is 0 Å². The van der Waals surface area contributed by atoms with Gasteiger partial charge in [-0.25, -0.2) is 0 Å². The number of rotatable bonds is 7. The molecule has 8 N–H and O–H groups in total. The van der Waals surface area contributed by atoms with Crippen LogP contribution in [0.15, 0.2) is 82.7 Å². The standard InChI is InChI=1S/C35H42ClN7O3S/c1-43-30(16-15-22-19-39-27-12-4-3-10-25(22)27)34(45)41-21-24-9-6-11-26(36)32(24)47-31-14-5-2-8-23(31)20-40-28(13-7-17-37)33(44)42-29(18-38)35(43)46/h2-6,8-12,14,19,28-30,39-40H,7,13,15-18,20-21,37-38H2,1H3,(H,41,45)(H,42,44)/t28-,29-,30-/m0/s1. The number of benzene rings is 3. The summed E-state index contributed by atoms with van der Waals surface area (Å²) < 4.78 is 0. The Morgan fingerprint density at radius 3 is 2.47 bits per heavy atom. The molecule has 0 fully saturated rings. The number of H-pyrrole nitrogens is 1. The molecule has 0 saturated carbocycles. The van der Waals surface area contributed by atoms with Crippen LogP contribution in [0.2, 0.25) is 5.02 Å². The molecule has 0 saturated heterocycles. The van der Waals surface area contributed by atoms with Crippen LogP contribution in [0.5, 0.6) is 0 Å². The number of halogens is 1. The van der Waals surface area contributed by atoms with Crippen molar-refractivity contribution in [1.82, 2.24) is 25.8 Å². The van der Waals surface area contributed by atoms with Gasteiger partial charge in [0.2, 0.25) is 17.7 Å². The first-order valence-electron chi connectivity index (χ1n) is 15.9. The minimum Gasteiger partial charge on any atom is -0.361 e. The molecule has 2 heterocycles. The molecule has 1 aliphatic heterocycles. The predicted molar refractivity (Wildman–Crippen MR) is 187 cm³/mol. The number of carbonyl (C=O) groups excluding carboxylic acids is 3. The Bertz CT molecular complexity index is 1710. The molecule has 47 heavy (non-hydrogen) atoms. The average Bonchev–Trinajstić information content (AvgIpc) is 3.50. The topological polar surface area (TPSA) is 158 Å². The summed E-state index contributed by atoms with van der Waals surface area (Å²) in [5.41, 5.74) is 15.7. The lowest BCUT2D eigenvalue weighted by Crippen LogP contribution is -2.58. The van der Waals surface area contributed by atoms with Crippen LogP contribution in [-0.2, 0) is 33.9 Å². The first-order chi connectivity index (χ1) is 22.8. The summed E-state index contributed by atoms with van der Waals surface area (Å²) in [7, 11) is 1.59. The number of hydrogen-bond donors (Lipinski definition) is 6. The maximum Gasteiger partial charge on any atom is 0.246 e. The molecule has 0 radical (unpaired) electrons. The predicted octanol–water partition coefficient (Wildman–Crippen LogP) is 3.70. The van der Waals surface area contributed by atoms with Gasteiger partial charge in [0.1, 0.15) is 12.1 Å². The van der Waals surface area contributed by atoms with E-state index in [1.165, 1.54) is 16.7 Å². The molecule has 0 spiro atoms. The lowest BCUT2D eigenvalue weighted by atomic mass is 10.0. The number of nitrogens with one attached hydrogen (secondary N) is 4. The first kappa shape index (κ1) is 34.5. The molecule has 0 aliphatic carbocycles. The Kier molecular flexibility index (Phi) is 12.0. The number of aromatic amines is 1. The lowest BCUT2D eigenvalue weighted by molar-refractivity contribution is -0.142. The fourth-order valence-corrected chi connectivity index (χ4v) is 7.26. The monoisotopic (exact) mass is 675 g/mol. The first-order valence-corrected chi connectivity index (χ1v) is 17.1. The third-order valence-corrected chi connectivity index (χ3v) is 10.3. The van der Waals surface area contributed by atoms with Crippen molar-refractivity contribution in [1.29, 1.82) is 0 Å². The van der Waals surface area contributed by atoms with Crippen molar-refractivity contribution in [2.24, 2.45) is 11.5 Å². The Morgan fingerprint density at radius 2 is 1.66 bits per heavy atom. The smallest absolute Gasteiger partial charge is 0.246 e. The van der Waals surface area contributed by atoms with Gasteiger partial charge in [0.15, 0.2) is 0 Å². The molecule has 1 aromatic heterocycles. The molecule has 0 unspecified atom stereocenters. The van der Waals surface area contributed by atoms with Gasteiger partial charge in [0, 0.05) is 53.6 Å². The number of likely N-dealkylation sites (N-methyl/N-ethyl adjacent to an activating group) is 1. The van der Waals surface area contributed by atoms with E-state index in [1.54, 1.807) is 7.05 Å². The molecule has 0 bridgehead atoms. The van der Waals surface area contributed by atoms with Crippen molar-refractivity contribution in [2.45, 2.75) is 66.7 Å². The van der Waals surface area contributed by atoms with Crippen molar-refractivity contribution in [3.63, 3.8) is 0 Å². The second-order valence-electron chi connectivity index (χ2n) is 11.7. The van der Waals surface area contributed by atoms with Crippen molar-refractivity contribution in [3.05, 3.63) is 94.6 Å². The van der Waals surface area contributed by atoms with E-state index < -0.39 is 24.0 Å². The van der Waals surface area contributed by atoms with Crippen LogP contribution in [0.1, 0.15) is 36.0 Å². The van der Waals surface area contributed by atoms with Gasteiger partial charge < -0.3 is 37.3 Å². The molecular weight excluding hydrogens is 634 g/mol. The van der Waals surface area contributed by atoms with Crippen LogP contribution in [0.3, 0.4) is 0 Å². The number of carbonyl (C=O) groups is 3. The summed E-state index contributed by atoms with van der Waals surface area (Å²) in [6.45, 7) is 0.911. The van der Waals surface area contributed by atoms with Gasteiger partial charge in [-0.05, 0) is 67.1 Å². The van der Waals surface area contributed by atoms with E-state index in [-0.39, 0.29) is 24.9 Å². The van der Waals surface area contributed by atoms with Gasteiger partial charge in [-0.2, -0.15) is 0 Å². The minimum atomic E-state index is -1.02. The highest BCUT2D eigenvalue weighted by atomic mass is 35.5. The second kappa shape index (κ2) is 16.3. The maximum absolute atomic E-state index is 14.0. The summed E-state index contributed by atoms with van der Waals surface area (Å²) in [5, 5.41) is 10.9. The number of nitrogens with two attached hydrogens (primary N) is 2. The van der Waals surface area contributed by atoms with Crippen molar-refractivity contribution >= 4 is 52.0 Å². The Labute approximate surface area is 284 Å². The van der Waals surface area contributed by atoms with Gasteiger partial charge >= 0.3 is 0 Å². The van der Waals surface area contributed by atoms with Crippen molar-refractivity contribution < 1.29 is 14.4 Å². The third-order valence-electron chi connectivity index (χ3n) is 8.57. The summed E-state index contributed by atoms with van der Waals surface area (Å²) >= 11 is 8.26. The minimum absolute atomic E-state index is 0.124. The number of fused-ring (bicyclic) bond motifs is 3. The van der Waals surface area contributed by atoms with E-state index in [0.29, 0.717) is 43.8 Å². The quantitative estimate of drug-likeness (QED) is 0.174. The van der Waals surface area contributed by atoms with Crippen LogP contribution in [-0.4, -0.2) is 65.9 Å². The zero-order valence-corrected chi connectivity index (χ0v) is 28.0. The molecule has 3 aromatic carbocycles. The van der Waals surface area contributed by atoms with Crippen LogP contribution in [0.25, 0.3) is 10.9 Å². The fourth-order valence-electron chi connectivity index (χ4n) is 5.87. The van der Waals surface area contributed by atoms with Gasteiger partial charge in [-0.15, -0.1) is 0 Å². The molecule has 12 heteroatoms. The average molecular weight is 676 g/mol. The Hall–Kier alpha value is -3.87. The molecule has 5 rings (SSSR count). The van der Waals surface area contributed by atoms with E-state index in [2.05, 4.69) is 20.9 Å². The number of aromatic nitrogens is 1. The largest absolute Gasteiger partial charge is 0.361 e. The van der Waals surface area contributed by atoms with E-state index in [4.69, 9.17) is 23.1 Å². The van der Waals surface area contributed by atoms with E-state index in [0.717, 1.165) is 37.4 Å². The van der Waals surface area contributed by atoms with Crippen LogP contribution in [0.4, 0.5) is 0 Å². The zero-order valence-electron chi connectivity index (χ0n) is 26.4. The molecular formula is C35H42ClN7O3S. The highest BCUT2D eigenvalue weighted by Gasteiger charge is 2.33. The van der Waals surface area contributed by atoms with Crippen molar-refractivity contribution in [3.8, 4) is 0 Å². The summed E-state index contributed by atoms with van der Waals surface area (Å²) in [4.78, 5) is 48.0. The Balaban J connectivity index is 1.50. The highest BCUT2D eigenvalue weighted by molar-refractivity contribution is 7.99. The van der Waals surface area contributed by atoms with Crippen LogP contribution >= 0.6 is 23.4 Å². The molecule has 3 amide bonds. The van der Waals surface area contributed by atoms with E-state index in [1.807, 2.05) is 72.9 Å². The molecule has 248 valence electrons. The number of amides is 3. The summed E-state index contributed by atoms with van der Waals surface area (Å²) in [6.07, 6.45) is 3.92. The van der Waals surface area contributed by atoms with Gasteiger partial charge in [-0.1, -0.05) is 71.9 Å². The zero-order chi connectivity index (χ0) is 33.3. The van der Waals surface area contributed by atoms with Gasteiger partial charge in [-0.3, -0.25) is 14.4 Å². The molecule has 10 nitrogen and oxygen atoms in total. The molecule has 3 atom stereocenters. The van der Waals surface area contributed by atoms with E-state index in [9.17, 15) is 14.4 Å². The summed E-state index contributed by atoms with van der Waals surface area (Å²) in [6, 6.07) is 19.0. The normalized spacial score (nSPS) is 19.9. The Morgan fingerprint density at radius 1 is 0.894 bits per heavy atom. The lowest BCUT2D eigenvalue weighted by Gasteiger charge is -2.31. The SMILES string of the molecule is CN1C(=O)[C@H](CN)NC(=O)[C@H](CCCN)NCc2ccccc2Sc2c(Cl)cccc2CNC(=O)[C@@H]1CCc1c[nH]c2ccccc12. The van der Waals surface area contributed by atoms with Gasteiger partial charge in [0.05, 0.1) is 11.1 Å². The second-order valence-corrected chi connectivity index (χ2v) is 13.1. The third kappa shape index (κ3) is 8.35. The van der Waals surface area contributed by atoms with Gasteiger partial charge in [0.25, 0.3) is 0 Å². The number of nitrogens with zero attached hydrogens (tertiary/aromatic N) is 1. The number of hydrogen-bond acceptors (Lipinski definition) is 7. The summed E-state index contributed by atoms with van der Waals surface area (Å²) in [5.74, 6) is -1.10. The maximum atomic E-state index is 14.0. The van der Waals surface area contributed by atoms with Crippen molar-refractivity contribution in [2.75, 3.05) is 20.1 Å². The highest BCUT2D eigenvalue weighted by Crippen LogP contribution is 2.38. The number of aryl methyl sites for hydroxylation is 1. The molecule has 1 aliphatic rings. The fraction of sp³-hybridized carbons (Fsp3) is 0.343. The molecule has 4 aromatic rings. The van der Waals surface area contributed by atoms with E-state index >= 15 is 0 Å². The van der Waals surface area contributed by atoms with Crippen LogP contribution < -0.4 is 27.4 Å². The number of para-hydroxylation sites is 1.